The summed E-state index contributed by atoms with van der Waals surface area (Å²) in [5.41, 5.74) is 0. The molecule has 1 N–H and O–H groups in total. The van der Waals surface area contributed by atoms with E-state index in [1.165, 1.54) is 0 Å². The predicted octanol–water partition coefficient (Wildman–Crippen LogP) is 1.43. The van der Waals surface area contributed by atoms with Crippen LogP contribution in [0.4, 0.5) is 0 Å². The van der Waals surface area contributed by atoms with Crippen molar-refractivity contribution in [3.05, 3.63) is 24.2 Å². The van der Waals surface area contributed by atoms with Crippen molar-refractivity contribution < 1.29 is 13.9 Å². The van der Waals surface area contributed by atoms with Crippen molar-refractivity contribution in [2.45, 2.75) is 19.9 Å². The van der Waals surface area contributed by atoms with Crippen molar-refractivity contribution in [2.24, 2.45) is 5.92 Å². The highest BCUT2D eigenvalue weighted by atomic mass is 16.5. The first kappa shape index (κ1) is 14.1. The number of nitrogens with one attached hydrogen (secondary N) is 1. The standard InChI is InChI=1S/C14H22N2O3/c1-11(2)14(17)15-10-12(13-4-3-7-19-13)16-5-8-18-9-6-16/h3-4,7,11-12H,5-6,8-10H2,1-2H3,(H,15,17)/t12-/m1/s1. The molecule has 2 rings (SSSR count). The lowest BCUT2D eigenvalue weighted by Crippen LogP contribution is -2.44. The van der Waals surface area contributed by atoms with Crippen molar-refractivity contribution in [3.63, 3.8) is 0 Å². The van der Waals surface area contributed by atoms with E-state index in [4.69, 9.17) is 9.15 Å². The molecule has 2 heterocycles. The molecule has 1 amide bonds. The monoisotopic (exact) mass is 266 g/mol. The summed E-state index contributed by atoms with van der Waals surface area (Å²) < 4.78 is 10.9. The molecule has 0 aliphatic carbocycles. The Kier molecular flexibility index (Phi) is 4.99. The van der Waals surface area contributed by atoms with Crippen LogP contribution in [-0.4, -0.2) is 43.7 Å². The summed E-state index contributed by atoms with van der Waals surface area (Å²) in [5, 5.41) is 2.99. The molecule has 0 bridgehead atoms. The lowest BCUT2D eigenvalue weighted by atomic mass is 10.1. The van der Waals surface area contributed by atoms with E-state index >= 15 is 0 Å². The molecule has 0 unspecified atom stereocenters. The number of carbonyl (C=O) groups excluding carboxylic acids is 1. The maximum absolute atomic E-state index is 11.7. The average Bonchev–Trinajstić information content (AvgIpc) is 2.94. The second-order valence-corrected chi connectivity index (χ2v) is 5.08. The van der Waals surface area contributed by atoms with Crippen LogP contribution in [0.2, 0.25) is 0 Å². The molecule has 0 spiro atoms. The minimum Gasteiger partial charge on any atom is -0.468 e. The van der Waals surface area contributed by atoms with Gasteiger partial charge in [-0.05, 0) is 12.1 Å². The predicted molar refractivity (Wildman–Crippen MR) is 71.7 cm³/mol. The first-order chi connectivity index (χ1) is 9.18. The summed E-state index contributed by atoms with van der Waals surface area (Å²) in [6.07, 6.45) is 1.67. The van der Waals surface area contributed by atoms with Crippen molar-refractivity contribution in [1.29, 1.82) is 0 Å². The molecule has 1 aromatic rings. The minimum absolute atomic E-state index is 0.00180. The summed E-state index contributed by atoms with van der Waals surface area (Å²) in [6, 6.07) is 3.93. The van der Waals surface area contributed by atoms with Gasteiger partial charge in [0.1, 0.15) is 5.76 Å². The number of hydrogen-bond acceptors (Lipinski definition) is 4. The number of hydrogen-bond donors (Lipinski definition) is 1. The first-order valence-corrected chi connectivity index (χ1v) is 6.81. The third kappa shape index (κ3) is 3.81. The van der Waals surface area contributed by atoms with Crippen molar-refractivity contribution in [1.82, 2.24) is 10.2 Å². The van der Waals surface area contributed by atoms with Crippen molar-refractivity contribution in [3.8, 4) is 0 Å². The van der Waals surface area contributed by atoms with Crippen LogP contribution in [0.15, 0.2) is 22.8 Å². The molecule has 19 heavy (non-hydrogen) atoms. The van der Waals surface area contributed by atoms with Gasteiger partial charge < -0.3 is 14.5 Å². The molecule has 1 saturated heterocycles. The molecular weight excluding hydrogens is 244 g/mol. The summed E-state index contributed by atoms with van der Waals surface area (Å²) in [4.78, 5) is 14.0. The Labute approximate surface area is 113 Å². The van der Waals surface area contributed by atoms with Crippen LogP contribution in [0.3, 0.4) is 0 Å². The Hall–Kier alpha value is -1.33. The third-order valence-corrected chi connectivity index (χ3v) is 3.35. The second kappa shape index (κ2) is 6.73. The van der Waals surface area contributed by atoms with Gasteiger partial charge in [-0.15, -0.1) is 0 Å². The quantitative estimate of drug-likeness (QED) is 0.876. The second-order valence-electron chi connectivity index (χ2n) is 5.08. The van der Waals surface area contributed by atoms with Gasteiger partial charge in [-0.3, -0.25) is 9.69 Å². The van der Waals surface area contributed by atoms with Gasteiger partial charge in [-0.1, -0.05) is 13.8 Å². The Morgan fingerprint density at radius 3 is 2.74 bits per heavy atom. The summed E-state index contributed by atoms with van der Waals surface area (Å²) >= 11 is 0. The van der Waals surface area contributed by atoms with Crippen LogP contribution >= 0.6 is 0 Å². The van der Waals surface area contributed by atoms with E-state index in [0.717, 1.165) is 32.1 Å². The van der Waals surface area contributed by atoms with Gasteiger partial charge in [0.2, 0.25) is 5.91 Å². The van der Waals surface area contributed by atoms with Gasteiger partial charge in [0.15, 0.2) is 0 Å². The van der Waals surface area contributed by atoms with E-state index in [1.807, 2.05) is 26.0 Å². The molecule has 5 nitrogen and oxygen atoms in total. The molecule has 5 heteroatoms. The summed E-state index contributed by atoms with van der Waals surface area (Å²) in [6.45, 7) is 7.55. The van der Waals surface area contributed by atoms with Gasteiger partial charge >= 0.3 is 0 Å². The van der Waals surface area contributed by atoms with Gasteiger partial charge in [0.25, 0.3) is 0 Å². The zero-order valence-electron chi connectivity index (χ0n) is 11.6. The molecule has 0 aromatic carbocycles. The van der Waals surface area contributed by atoms with Crippen molar-refractivity contribution in [2.75, 3.05) is 32.8 Å². The van der Waals surface area contributed by atoms with Crippen LogP contribution in [0.1, 0.15) is 25.6 Å². The third-order valence-electron chi connectivity index (χ3n) is 3.35. The Morgan fingerprint density at radius 1 is 1.42 bits per heavy atom. The fourth-order valence-electron chi connectivity index (χ4n) is 2.18. The fourth-order valence-corrected chi connectivity index (χ4v) is 2.18. The van der Waals surface area contributed by atoms with E-state index in [9.17, 15) is 4.79 Å². The van der Waals surface area contributed by atoms with Crippen LogP contribution in [0.5, 0.6) is 0 Å². The fraction of sp³-hybridized carbons (Fsp3) is 0.643. The highest BCUT2D eigenvalue weighted by Crippen LogP contribution is 2.21. The number of amides is 1. The molecule has 0 saturated carbocycles. The number of morpholine rings is 1. The molecule has 1 fully saturated rings. The highest BCUT2D eigenvalue weighted by molar-refractivity contribution is 5.77. The van der Waals surface area contributed by atoms with E-state index in [-0.39, 0.29) is 17.9 Å². The number of rotatable bonds is 5. The zero-order valence-corrected chi connectivity index (χ0v) is 11.6. The number of carbonyl (C=O) groups is 1. The molecule has 1 atom stereocenters. The van der Waals surface area contributed by atoms with E-state index in [1.54, 1.807) is 6.26 Å². The van der Waals surface area contributed by atoms with E-state index < -0.39 is 0 Å². The van der Waals surface area contributed by atoms with Crippen LogP contribution in [0.25, 0.3) is 0 Å². The van der Waals surface area contributed by atoms with Gasteiger partial charge in [-0.2, -0.15) is 0 Å². The first-order valence-electron chi connectivity index (χ1n) is 6.81. The number of nitrogens with zero attached hydrogens (tertiary/aromatic N) is 1. The summed E-state index contributed by atoms with van der Waals surface area (Å²) in [5.74, 6) is 0.970. The molecule has 1 aliphatic rings. The Bertz CT molecular complexity index is 383. The van der Waals surface area contributed by atoms with E-state index in [2.05, 4.69) is 10.2 Å². The minimum atomic E-state index is 0.00180. The Morgan fingerprint density at radius 2 is 2.16 bits per heavy atom. The maximum Gasteiger partial charge on any atom is 0.222 e. The molecule has 0 radical (unpaired) electrons. The van der Waals surface area contributed by atoms with Gasteiger partial charge in [-0.25, -0.2) is 0 Å². The molecule has 106 valence electrons. The number of furan rings is 1. The maximum atomic E-state index is 11.7. The van der Waals surface area contributed by atoms with Gasteiger partial charge in [0, 0.05) is 25.6 Å². The normalized spacial score (nSPS) is 18.5. The smallest absolute Gasteiger partial charge is 0.222 e. The average molecular weight is 266 g/mol. The zero-order chi connectivity index (χ0) is 13.7. The number of ether oxygens (including phenoxy) is 1. The van der Waals surface area contributed by atoms with Crippen LogP contribution in [0, 0.1) is 5.92 Å². The van der Waals surface area contributed by atoms with Gasteiger partial charge in [0.05, 0.1) is 25.5 Å². The Balaban J connectivity index is 2.00. The molecule has 1 aliphatic heterocycles. The largest absolute Gasteiger partial charge is 0.468 e. The van der Waals surface area contributed by atoms with E-state index in [0.29, 0.717) is 6.54 Å². The highest BCUT2D eigenvalue weighted by Gasteiger charge is 2.25. The molecular formula is C14H22N2O3. The molecule has 1 aromatic heterocycles. The van der Waals surface area contributed by atoms with Crippen LogP contribution < -0.4 is 5.32 Å². The summed E-state index contributed by atoms with van der Waals surface area (Å²) in [7, 11) is 0. The van der Waals surface area contributed by atoms with Crippen molar-refractivity contribution >= 4 is 5.91 Å². The lowest BCUT2D eigenvalue weighted by Gasteiger charge is -2.33. The SMILES string of the molecule is CC(C)C(=O)NC[C@H](c1ccco1)N1CCOCC1. The van der Waals surface area contributed by atoms with Crippen LogP contribution in [-0.2, 0) is 9.53 Å². The lowest BCUT2D eigenvalue weighted by molar-refractivity contribution is -0.124. The topological polar surface area (TPSA) is 54.7 Å².